The molecular formula is C16H15ClN6O. The molecule has 3 heterocycles. The number of para-hydroxylation sites is 1. The van der Waals surface area contributed by atoms with Crippen LogP contribution in [0.1, 0.15) is 6.42 Å². The molecule has 1 aliphatic rings. The third-order valence-corrected chi connectivity index (χ3v) is 4.64. The summed E-state index contributed by atoms with van der Waals surface area (Å²) in [6, 6.07) is 7.08. The molecule has 0 N–H and O–H groups in total. The monoisotopic (exact) mass is 342 g/mol. The molecule has 2 aromatic heterocycles. The van der Waals surface area contributed by atoms with Crippen molar-refractivity contribution in [3.63, 3.8) is 0 Å². The molecule has 0 spiro atoms. The van der Waals surface area contributed by atoms with Gasteiger partial charge in [-0.05, 0) is 18.6 Å². The van der Waals surface area contributed by atoms with E-state index in [9.17, 15) is 4.79 Å². The van der Waals surface area contributed by atoms with Crippen molar-refractivity contribution in [1.29, 1.82) is 0 Å². The number of carbonyl (C=O) groups excluding carboxylic acids is 1. The number of rotatable bonds is 3. The zero-order valence-corrected chi connectivity index (χ0v) is 13.8. The summed E-state index contributed by atoms with van der Waals surface area (Å²) < 4.78 is 1.78. The smallest absolute Gasteiger partial charge is 0.249 e. The first-order valence-corrected chi connectivity index (χ1v) is 7.97. The highest BCUT2D eigenvalue weighted by molar-refractivity contribution is 6.34. The molecule has 1 aromatic carbocycles. The van der Waals surface area contributed by atoms with Gasteiger partial charge >= 0.3 is 0 Å². The van der Waals surface area contributed by atoms with E-state index < -0.39 is 0 Å². The molecule has 1 atom stereocenters. The highest BCUT2D eigenvalue weighted by Crippen LogP contribution is 2.31. The van der Waals surface area contributed by atoms with Crippen LogP contribution in [0.15, 0.2) is 43.0 Å². The lowest BCUT2D eigenvalue weighted by molar-refractivity contribution is -0.118. The van der Waals surface area contributed by atoms with Crippen molar-refractivity contribution >= 4 is 34.7 Å². The summed E-state index contributed by atoms with van der Waals surface area (Å²) >= 11 is 6.24. The first kappa shape index (κ1) is 14.9. The fourth-order valence-corrected chi connectivity index (χ4v) is 3.31. The summed E-state index contributed by atoms with van der Waals surface area (Å²) in [5, 5.41) is 8.56. The predicted molar refractivity (Wildman–Crippen MR) is 91.4 cm³/mol. The Labute approximate surface area is 143 Å². The van der Waals surface area contributed by atoms with Crippen molar-refractivity contribution < 1.29 is 4.79 Å². The zero-order chi connectivity index (χ0) is 16.7. The molecule has 1 fully saturated rings. The van der Waals surface area contributed by atoms with Gasteiger partial charge in [0.2, 0.25) is 11.6 Å². The highest BCUT2D eigenvalue weighted by Gasteiger charge is 2.37. The molecule has 1 amide bonds. The average Bonchev–Trinajstić information content (AvgIpc) is 3.21. The second kappa shape index (κ2) is 5.76. The van der Waals surface area contributed by atoms with Gasteiger partial charge < -0.3 is 9.80 Å². The van der Waals surface area contributed by atoms with E-state index in [4.69, 9.17) is 11.6 Å². The Bertz CT molecular complexity index is 910. The van der Waals surface area contributed by atoms with Gasteiger partial charge in [0.1, 0.15) is 12.4 Å². The van der Waals surface area contributed by atoms with Crippen LogP contribution < -0.4 is 9.80 Å². The number of carbonyl (C=O) groups is 1. The summed E-state index contributed by atoms with van der Waals surface area (Å²) in [4.78, 5) is 20.9. The van der Waals surface area contributed by atoms with Crippen LogP contribution in [-0.4, -0.2) is 45.1 Å². The maximum Gasteiger partial charge on any atom is 0.249 e. The molecule has 0 aliphatic carbocycles. The van der Waals surface area contributed by atoms with Crippen LogP contribution in [0.2, 0.25) is 5.02 Å². The Morgan fingerprint density at radius 1 is 1.33 bits per heavy atom. The lowest BCUT2D eigenvalue weighted by Crippen LogP contribution is -2.40. The quantitative estimate of drug-likeness (QED) is 0.728. The Morgan fingerprint density at radius 3 is 3.00 bits per heavy atom. The van der Waals surface area contributed by atoms with E-state index in [1.807, 2.05) is 30.1 Å². The van der Waals surface area contributed by atoms with Crippen molar-refractivity contribution in [3.05, 3.63) is 48.0 Å². The van der Waals surface area contributed by atoms with E-state index in [0.29, 0.717) is 29.5 Å². The number of anilines is 2. The predicted octanol–water partition coefficient (Wildman–Crippen LogP) is 2.02. The van der Waals surface area contributed by atoms with E-state index >= 15 is 0 Å². The van der Waals surface area contributed by atoms with Crippen LogP contribution in [0, 0.1) is 0 Å². The van der Waals surface area contributed by atoms with E-state index in [0.717, 1.165) is 5.69 Å². The Balaban J connectivity index is 1.65. The van der Waals surface area contributed by atoms with Crippen LogP contribution in [0.4, 0.5) is 11.5 Å². The standard InChI is InChI=1S/C16H15ClN6O/c1-21(14-15-20-19-10-22(15)9-7-18-14)13-6-8-23(16(13)24)12-5-3-2-4-11(12)17/h2-5,7,9-10,13H,6,8H2,1H3. The molecule has 0 radical (unpaired) electrons. The number of benzene rings is 1. The fraction of sp³-hybridized carbons (Fsp3) is 0.250. The normalized spacial score (nSPS) is 17.7. The number of fused-ring (bicyclic) bond motifs is 1. The SMILES string of the molecule is CN(c1nccn2cnnc12)C1CCN(c2ccccc2Cl)C1=O. The number of likely N-dealkylation sites (N-methyl/N-ethyl adjacent to an activating group) is 1. The van der Waals surface area contributed by atoms with Crippen LogP contribution in [0.3, 0.4) is 0 Å². The zero-order valence-electron chi connectivity index (χ0n) is 13.0. The average molecular weight is 343 g/mol. The lowest BCUT2D eigenvalue weighted by Gasteiger charge is -2.25. The topological polar surface area (TPSA) is 66.6 Å². The third-order valence-electron chi connectivity index (χ3n) is 4.32. The van der Waals surface area contributed by atoms with Crippen LogP contribution in [-0.2, 0) is 4.79 Å². The minimum absolute atomic E-state index is 0.00826. The third kappa shape index (κ3) is 2.28. The Hall–Kier alpha value is -2.67. The summed E-state index contributed by atoms with van der Waals surface area (Å²) in [6.07, 6.45) is 5.75. The molecule has 24 heavy (non-hydrogen) atoms. The minimum atomic E-state index is -0.309. The largest absolute Gasteiger partial charge is 0.344 e. The van der Waals surface area contributed by atoms with E-state index in [1.54, 1.807) is 34.1 Å². The summed E-state index contributed by atoms with van der Waals surface area (Å²) in [5.41, 5.74) is 1.37. The van der Waals surface area contributed by atoms with Gasteiger partial charge in [0, 0.05) is 26.0 Å². The van der Waals surface area contributed by atoms with Crippen LogP contribution in [0.5, 0.6) is 0 Å². The fourth-order valence-electron chi connectivity index (χ4n) is 3.08. The van der Waals surface area contributed by atoms with Gasteiger partial charge in [0.15, 0.2) is 5.82 Å². The second-order valence-electron chi connectivity index (χ2n) is 5.67. The number of hydrogen-bond donors (Lipinski definition) is 0. The molecule has 7 nitrogen and oxygen atoms in total. The van der Waals surface area contributed by atoms with Crippen molar-refractivity contribution in [2.24, 2.45) is 0 Å². The van der Waals surface area contributed by atoms with Crippen LogP contribution >= 0.6 is 11.6 Å². The van der Waals surface area contributed by atoms with Gasteiger partial charge in [-0.1, -0.05) is 23.7 Å². The molecule has 3 aromatic rings. The van der Waals surface area contributed by atoms with Gasteiger partial charge in [-0.15, -0.1) is 10.2 Å². The lowest BCUT2D eigenvalue weighted by atomic mass is 10.2. The molecule has 0 saturated carbocycles. The molecule has 122 valence electrons. The van der Waals surface area contributed by atoms with Gasteiger partial charge in [0.25, 0.3) is 0 Å². The number of hydrogen-bond acceptors (Lipinski definition) is 5. The van der Waals surface area contributed by atoms with Crippen LogP contribution in [0.25, 0.3) is 5.65 Å². The first-order valence-electron chi connectivity index (χ1n) is 7.60. The molecule has 1 saturated heterocycles. The molecule has 1 aliphatic heterocycles. The molecule has 1 unspecified atom stereocenters. The maximum absolute atomic E-state index is 12.9. The molecule has 8 heteroatoms. The van der Waals surface area contributed by atoms with Gasteiger partial charge in [-0.3, -0.25) is 9.20 Å². The minimum Gasteiger partial charge on any atom is -0.344 e. The number of amides is 1. The number of halogens is 1. The Morgan fingerprint density at radius 2 is 2.17 bits per heavy atom. The molecule has 4 rings (SSSR count). The van der Waals surface area contributed by atoms with Gasteiger partial charge in [-0.25, -0.2) is 4.98 Å². The molecule has 0 bridgehead atoms. The van der Waals surface area contributed by atoms with E-state index in [2.05, 4.69) is 15.2 Å². The number of aromatic nitrogens is 4. The van der Waals surface area contributed by atoms with Crippen molar-refractivity contribution in [2.75, 3.05) is 23.4 Å². The summed E-state index contributed by atoms with van der Waals surface area (Å²) in [6.45, 7) is 0.618. The van der Waals surface area contributed by atoms with Crippen molar-refractivity contribution in [2.45, 2.75) is 12.5 Å². The first-order chi connectivity index (χ1) is 11.7. The molecular weight excluding hydrogens is 328 g/mol. The number of nitrogens with zero attached hydrogens (tertiary/aromatic N) is 6. The Kier molecular flexibility index (Phi) is 3.57. The highest BCUT2D eigenvalue weighted by atomic mass is 35.5. The van der Waals surface area contributed by atoms with Crippen molar-refractivity contribution in [3.8, 4) is 0 Å². The van der Waals surface area contributed by atoms with Gasteiger partial charge in [0.05, 0.1) is 10.7 Å². The van der Waals surface area contributed by atoms with E-state index in [-0.39, 0.29) is 11.9 Å². The maximum atomic E-state index is 12.9. The summed E-state index contributed by atoms with van der Waals surface area (Å²) in [5.74, 6) is 0.642. The van der Waals surface area contributed by atoms with Crippen molar-refractivity contribution in [1.82, 2.24) is 19.6 Å². The summed E-state index contributed by atoms with van der Waals surface area (Å²) in [7, 11) is 1.86. The van der Waals surface area contributed by atoms with E-state index in [1.165, 1.54) is 0 Å². The second-order valence-corrected chi connectivity index (χ2v) is 6.08. The van der Waals surface area contributed by atoms with Gasteiger partial charge in [-0.2, -0.15) is 0 Å².